The molecule has 0 spiro atoms. The molecule has 4 heteroatoms. The number of aromatic hydroxyl groups is 2. The van der Waals surface area contributed by atoms with E-state index in [0.717, 1.165) is 0 Å². The zero-order valence-corrected chi connectivity index (χ0v) is 10.5. The fourth-order valence-corrected chi connectivity index (χ4v) is 2.15. The van der Waals surface area contributed by atoms with Crippen LogP contribution in [0, 0.1) is 5.82 Å². The summed E-state index contributed by atoms with van der Waals surface area (Å²) < 4.78 is 12.9. The molecule has 0 heterocycles. The SMILES string of the molecule is CCC(O)(c1ccc(F)cc1)c1ccc(O)cc1O. The van der Waals surface area contributed by atoms with E-state index in [4.69, 9.17) is 0 Å². The highest BCUT2D eigenvalue weighted by Gasteiger charge is 2.32. The standard InChI is InChI=1S/C15H15FO3/c1-2-15(19,10-3-5-11(16)6-4-10)13-8-7-12(17)9-14(13)18/h3-9,17-19H,2H2,1H3. The summed E-state index contributed by atoms with van der Waals surface area (Å²) in [5.74, 6) is -0.676. The first-order valence-electron chi connectivity index (χ1n) is 5.98. The molecule has 3 nitrogen and oxygen atoms in total. The maximum absolute atomic E-state index is 12.9. The van der Waals surface area contributed by atoms with Gasteiger partial charge in [-0.2, -0.15) is 0 Å². The van der Waals surface area contributed by atoms with Gasteiger partial charge in [-0.1, -0.05) is 19.1 Å². The number of phenols is 2. The number of hydrogen-bond acceptors (Lipinski definition) is 3. The first-order valence-corrected chi connectivity index (χ1v) is 5.98. The lowest BCUT2D eigenvalue weighted by Crippen LogP contribution is -2.26. The van der Waals surface area contributed by atoms with Crippen LogP contribution in [0.3, 0.4) is 0 Å². The smallest absolute Gasteiger partial charge is 0.125 e. The summed E-state index contributed by atoms with van der Waals surface area (Å²) in [5.41, 5.74) is -0.664. The Morgan fingerprint density at radius 1 is 1.05 bits per heavy atom. The van der Waals surface area contributed by atoms with Crippen LogP contribution in [0.1, 0.15) is 24.5 Å². The molecule has 1 unspecified atom stereocenters. The van der Waals surface area contributed by atoms with Gasteiger partial charge in [0.2, 0.25) is 0 Å². The van der Waals surface area contributed by atoms with Gasteiger partial charge in [0.05, 0.1) is 0 Å². The molecule has 0 aliphatic rings. The number of rotatable bonds is 3. The molecule has 0 aliphatic heterocycles. The van der Waals surface area contributed by atoms with Crippen molar-refractivity contribution in [2.24, 2.45) is 0 Å². The van der Waals surface area contributed by atoms with Crippen molar-refractivity contribution in [1.29, 1.82) is 0 Å². The van der Waals surface area contributed by atoms with E-state index in [9.17, 15) is 19.7 Å². The maximum Gasteiger partial charge on any atom is 0.125 e. The van der Waals surface area contributed by atoms with Crippen LogP contribution in [0.25, 0.3) is 0 Å². The Hall–Kier alpha value is -2.07. The molecule has 0 saturated carbocycles. The first-order chi connectivity index (χ1) is 8.97. The minimum atomic E-state index is -1.43. The highest BCUT2D eigenvalue weighted by molar-refractivity contribution is 5.47. The molecule has 3 N–H and O–H groups in total. The Morgan fingerprint density at radius 2 is 1.68 bits per heavy atom. The molecule has 0 aromatic heterocycles. The molecule has 0 amide bonds. The molecule has 2 aromatic carbocycles. The molecular weight excluding hydrogens is 247 g/mol. The Balaban J connectivity index is 2.56. The Kier molecular flexibility index (Phi) is 3.44. The average Bonchev–Trinajstić information content (AvgIpc) is 2.38. The number of hydrogen-bond donors (Lipinski definition) is 3. The first kappa shape index (κ1) is 13.4. The predicted molar refractivity (Wildman–Crippen MR) is 69.5 cm³/mol. The van der Waals surface area contributed by atoms with Gasteiger partial charge >= 0.3 is 0 Å². The normalized spacial score (nSPS) is 14.1. The minimum Gasteiger partial charge on any atom is -0.508 e. The topological polar surface area (TPSA) is 60.7 Å². The van der Waals surface area contributed by atoms with E-state index < -0.39 is 11.4 Å². The van der Waals surface area contributed by atoms with Gasteiger partial charge in [0.1, 0.15) is 22.9 Å². The molecule has 100 valence electrons. The number of phenolic OH excluding ortho intramolecular Hbond substituents is 2. The van der Waals surface area contributed by atoms with Crippen molar-refractivity contribution in [1.82, 2.24) is 0 Å². The summed E-state index contributed by atoms with van der Waals surface area (Å²) in [6.07, 6.45) is 0.303. The molecular formula is C15H15FO3. The van der Waals surface area contributed by atoms with E-state index in [0.29, 0.717) is 12.0 Å². The molecule has 0 aliphatic carbocycles. The van der Waals surface area contributed by atoms with Crippen molar-refractivity contribution in [3.63, 3.8) is 0 Å². The third-order valence-electron chi connectivity index (χ3n) is 3.26. The Morgan fingerprint density at radius 3 is 2.21 bits per heavy atom. The second kappa shape index (κ2) is 4.90. The molecule has 0 fully saturated rings. The summed E-state index contributed by atoms with van der Waals surface area (Å²) in [7, 11) is 0. The number of benzene rings is 2. The summed E-state index contributed by atoms with van der Waals surface area (Å²) in [5, 5.41) is 29.9. The van der Waals surface area contributed by atoms with Crippen molar-refractivity contribution >= 4 is 0 Å². The van der Waals surface area contributed by atoms with Gasteiger partial charge in [0.15, 0.2) is 0 Å². The van der Waals surface area contributed by atoms with Gasteiger partial charge in [0.25, 0.3) is 0 Å². The third kappa shape index (κ3) is 2.39. The molecule has 0 saturated heterocycles. The fourth-order valence-electron chi connectivity index (χ4n) is 2.15. The van der Waals surface area contributed by atoms with Crippen LogP contribution in [0.5, 0.6) is 11.5 Å². The van der Waals surface area contributed by atoms with Crippen LogP contribution in [0.2, 0.25) is 0 Å². The van der Waals surface area contributed by atoms with Crippen molar-refractivity contribution < 1.29 is 19.7 Å². The molecule has 2 aromatic rings. The van der Waals surface area contributed by atoms with Gasteiger partial charge in [-0.05, 0) is 36.2 Å². The largest absolute Gasteiger partial charge is 0.508 e. The quantitative estimate of drug-likeness (QED) is 0.797. The van der Waals surface area contributed by atoms with Crippen LogP contribution in [0.4, 0.5) is 4.39 Å². The van der Waals surface area contributed by atoms with E-state index in [1.807, 2.05) is 0 Å². The molecule has 19 heavy (non-hydrogen) atoms. The van der Waals surface area contributed by atoms with Crippen LogP contribution >= 0.6 is 0 Å². The molecule has 1 atom stereocenters. The Bertz CT molecular complexity index is 580. The van der Waals surface area contributed by atoms with E-state index in [1.165, 1.54) is 42.5 Å². The van der Waals surface area contributed by atoms with Crippen LogP contribution < -0.4 is 0 Å². The Labute approximate surface area is 110 Å². The summed E-state index contributed by atoms with van der Waals surface area (Å²) in [6, 6.07) is 9.48. The lowest BCUT2D eigenvalue weighted by atomic mass is 9.83. The van der Waals surface area contributed by atoms with Gasteiger partial charge < -0.3 is 15.3 Å². The van der Waals surface area contributed by atoms with Crippen LogP contribution in [0.15, 0.2) is 42.5 Å². The van der Waals surface area contributed by atoms with Crippen molar-refractivity contribution in [2.45, 2.75) is 18.9 Å². The summed E-state index contributed by atoms with van der Waals surface area (Å²) in [6.45, 7) is 1.76. The zero-order chi connectivity index (χ0) is 14.0. The predicted octanol–water partition coefficient (Wildman–Crippen LogP) is 2.88. The van der Waals surface area contributed by atoms with E-state index in [2.05, 4.69) is 0 Å². The lowest BCUT2D eigenvalue weighted by Gasteiger charge is -2.28. The second-order valence-corrected chi connectivity index (χ2v) is 4.42. The third-order valence-corrected chi connectivity index (χ3v) is 3.26. The second-order valence-electron chi connectivity index (χ2n) is 4.42. The highest BCUT2D eigenvalue weighted by atomic mass is 19.1. The zero-order valence-electron chi connectivity index (χ0n) is 10.5. The summed E-state index contributed by atoms with van der Waals surface area (Å²) >= 11 is 0. The van der Waals surface area contributed by atoms with Gasteiger partial charge in [-0.3, -0.25) is 0 Å². The van der Waals surface area contributed by atoms with Crippen molar-refractivity contribution in [2.75, 3.05) is 0 Å². The molecule has 2 rings (SSSR count). The van der Waals surface area contributed by atoms with E-state index in [-0.39, 0.29) is 17.1 Å². The highest BCUT2D eigenvalue weighted by Crippen LogP contribution is 2.39. The molecule has 0 radical (unpaired) electrons. The van der Waals surface area contributed by atoms with Crippen molar-refractivity contribution in [3.8, 4) is 11.5 Å². The van der Waals surface area contributed by atoms with E-state index >= 15 is 0 Å². The number of halogens is 1. The van der Waals surface area contributed by atoms with Crippen molar-refractivity contribution in [3.05, 3.63) is 59.4 Å². The monoisotopic (exact) mass is 262 g/mol. The molecule has 0 bridgehead atoms. The van der Waals surface area contributed by atoms with Crippen LogP contribution in [-0.2, 0) is 5.60 Å². The summed E-state index contributed by atoms with van der Waals surface area (Å²) in [4.78, 5) is 0. The number of aliphatic hydroxyl groups is 1. The van der Waals surface area contributed by atoms with E-state index in [1.54, 1.807) is 6.92 Å². The van der Waals surface area contributed by atoms with Crippen LogP contribution in [-0.4, -0.2) is 15.3 Å². The fraction of sp³-hybridized carbons (Fsp3) is 0.200. The van der Waals surface area contributed by atoms with Gasteiger partial charge in [0, 0.05) is 11.6 Å². The minimum absolute atomic E-state index is 0.0844. The lowest BCUT2D eigenvalue weighted by molar-refractivity contribution is 0.0737. The van der Waals surface area contributed by atoms with Gasteiger partial charge in [-0.15, -0.1) is 0 Å². The van der Waals surface area contributed by atoms with Gasteiger partial charge in [-0.25, -0.2) is 4.39 Å². The maximum atomic E-state index is 12.9. The average molecular weight is 262 g/mol.